The van der Waals surface area contributed by atoms with Gasteiger partial charge in [0.1, 0.15) is 5.75 Å². The van der Waals surface area contributed by atoms with Gasteiger partial charge in [-0.3, -0.25) is 14.4 Å². The number of carbonyl (C=O) groups excluding carboxylic acids is 3. The minimum Gasteiger partial charge on any atom is -0.496 e. The highest BCUT2D eigenvalue weighted by atomic mass is 16.5. The maximum atomic E-state index is 12.5. The standard InChI is InChI=1S/C18H14O5/c1-23-15-9-5-4-8-13(15)14(19)10-18(22)16(20)11-6-2-3-7-12(11)17(18)21/h2-9,22H,10H2,1H3. The molecule has 1 N–H and O–H groups in total. The topological polar surface area (TPSA) is 80.7 Å². The Morgan fingerprint density at radius 1 is 1.00 bits per heavy atom. The molecular formula is C18H14O5. The van der Waals surface area contributed by atoms with Crippen molar-refractivity contribution in [2.45, 2.75) is 12.0 Å². The van der Waals surface area contributed by atoms with Gasteiger partial charge in [0.05, 0.1) is 19.1 Å². The maximum Gasteiger partial charge on any atom is 0.203 e. The smallest absolute Gasteiger partial charge is 0.203 e. The zero-order chi connectivity index (χ0) is 16.6. The molecule has 0 bridgehead atoms. The van der Waals surface area contributed by atoms with Crippen LogP contribution in [-0.2, 0) is 0 Å². The molecular weight excluding hydrogens is 296 g/mol. The van der Waals surface area contributed by atoms with Crippen LogP contribution in [0, 0.1) is 0 Å². The zero-order valence-electron chi connectivity index (χ0n) is 12.4. The van der Waals surface area contributed by atoms with Gasteiger partial charge < -0.3 is 9.84 Å². The quantitative estimate of drug-likeness (QED) is 0.691. The molecule has 3 rings (SSSR count). The molecule has 2 aromatic rings. The summed E-state index contributed by atoms with van der Waals surface area (Å²) in [6.45, 7) is 0. The monoisotopic (exact) mass is 310 g/mol. The van der Waals surface area contributed by atoms with E-state index in [9.17, 15) is 19.5 Å². The van der Waals surface area contributed by atoms with Crippen molar-refractivity contribution in [1.29, 1.82) is 0 Å². The lowest BCUT2D eigenvalue weighted by Gasteiger charge is -2.18. The number of hydrogen-bond acceptors (Lipinski definition) is 5. The summed E-state index contributed by atoms with van der Waals surface area (Å²) in [6, 6.07) is 12.6. The normalized spacial score (nSPS) is 15.4. The summed E-state index contributed by atoms with van der Waals surface area (Å²) in [4.78, 5) is 37.3. The highest BCUT2D eigenvalue weighted by Crippen LogP contribution is 2.34. The number of benzene rings is 2. The van der Waals surface area contributed by atoms with Crippen molar-refractivity contribution in [2.24, 2.45) is 0 Å². The summed E-state index contributed by atoms with van der Waals surface area (Å²) >= 11 is 0. The number of methoxy groups -OCH3 is 1. The fourth-order valence-electron chi connectivity index (χ4n) is 2.79. The molecule has 0 fully saturated rings. The van der Waals surface area contributed by atoms with Crippen LogP contribution in [0.25, 0.3) is 0 Å². The SMILES string of the molecule is COc1ccccc1C(=O)CC1(O)C(=O)c2ccccc2C1=O. The van der Waals surface area contributed by atoms with Crippen LogP contribution < -0.4 is 4.74 Å². The van der Waals surface area contributed by atoms with E-state index in [-0.39, 0.29) is 16.7 Å². The predicted molar refractivity (Wildman–Crippen MR) is 82.0 cm³/mol. The van der Waals surface area contributed by atoms with E-state index in [4.69, 9.17) is 4.74 Å². The number of Topliss-reactive ketones (excluding diaryl/α,β-unsaturated/α-hetero) is 3. The molecule has 0 unspecified atom stereocenters. The average molecular weight is 310 g/mol. The molecule has 1 aliphatic rings. The Labute approximate surface area is 132 Å². The first kappa shape index (κ1) is 15.1. The third-order valence-electron chi connectivity index (χ3n) is 3.99. The first-order valence-corrected chi connectivity index (χ1v) is 7.06. The zero-order valence-corrected chi connectivity index (χ0v) is 12.4. The molecule has 5 heteroatoms. The summed E-state index contributed by atoms with van der Waals surface area (Å²) in [6.07, 6.45) is -0.611. The number of carbonyl (C=O) groups is 3. The third kappa shape index (κ3) is 2.26. The van der Waals surface area contributed by atoms with E-state index in [1.54, 1.807) is 30.3 Å². The number of hydrogen-bond donors (Lipinski definition) is 1. The van der Waals surface area contributed by atoms with Crippen LogP contribution in [0.15, 0.2) is 48.5 Å². The highest BCUT2D eigenvalue weighted by molar-refractivity contribution is 6.33. The van der Waals surface area contributed by atoms with Crippen LogP contribution in [-0.4, -0.2) is 35.2 Å². The summed E-state index contributed by atoms with van der Waals surface area (Å²) in [5.74, 6) is -1.67. The number of rotatable bonds is 4. The van der Waals surface area contributed by atoms with Gasteiger partial charge in [-0.15, -0.1) is 0 Å². The molecule has 2 aromatic carbocycles. The van der Waals surface area contributed by atoms with E-state index in [0.717, 1.165) is 0 Å². The number of para-hydroxylation sites is 1. The van der Waals surface area contributed by atoms with Crippen LogP contribution >= 0.6 is 0 Å². The van der Waals surface area contributed by atoms with Crippen molar-refractivity contribution >= 4 is 17.3 Å². The Balaban J connectivity index is 1.96. The molecule has 0 saturated carbocycles. The Morgan fingerprint density at radius 3 is 2.09 bits per heavy atom. The first-order valence-electron chi connectivity index (χ1n) is 7.06. The van der Waals surface area contributed by atoms with Crippen molar-refractivity contribution in [3.05, 3.63) is 65.2 Å². The lowest BCUT2D eigenvalue weighted by atomic mass is 9.89. The fraction of sp³-hybridized carbons (Fsp3) is 0.167. The Morgan fingerprint density at radius 2 is 1.52 bits per heavy atom. The van der Waals surface area contributed by atoms with E-state index >= 15 is 0 Å². The van der Waals surface area contributed by atoms with Gasteiger partial charge in [0.25, 0.3) is 0 Å². The molecule has 0 amide bonds. The molecule has 0 saturated heterocycles. The largest absolute Gasteiger partial charge is 0.496 e. The van der Waals surface area contributed by atoms with E-state index in [2.05, 4.69) is 0 Å². The molecule has 0 aliphatic heterocycles. The molecule has 1 aliphatic carbocycles. The molecule has 5 nitrogen and oxygen atoms in total. The minimum atomic E-state index is -2.35. The van der Waals surface area contributed by atoms with Gasteiger partial charge >= 0.3 is 0 Å². The van der Waals surface area contributed by atoms with E-state index in [0.29, 0.717) is 5.75 Å². The van der Waals surface area contributed by atoms with Gasteiger partial charge in [0.2, 0.25) is 11.6 Å². The van der Waals surface area contributed by atoms with E-state index in [1.165, 1.54) is 25.3 Å². The van der Waals surface area contributed by atoms with Gasteiger partial charge in [-0.2, -0.15) is 0 Å². The summed E-state index contributed by atoms with van der Waals surface area (Å²) in [5, 5.41) is 10.6. The number of aliphatic hydroxyl groups is 1. The van der Waals surface area contributed by atoms with Crippen molar-refractivity contribution < 1.29 is 24.2 Å². The fourth-order valence-corrected chi connectivity index (χ4v) is 2.79. The second-order valence-corrected chi connectivity index (χ2v) is 5.36. The number of fused-ring (bicyclic) bond motifs is 1. The maximum absolute atomic E-state index is 12.5. The molecule has 0 radical (unpaired) electrons. The predicted octanol–water partition coefficient (Wildman–Crippen LogP) is 2.08. The van der Waals surface area contributed by atoms with E-state index in [1.807, 2.05) is 0 Å². The number of ether oxygens (including phenoxy) is 1. The van der Waals surface area contributed by atoms with Crippen molar-refractivity contribution in [3.8, 4) is 5.75 Å². The Hall–Kier alpha value is -2.79. The molecule has 0 spiro atoms. The highest BCUT2D eigenvalue weighted by Gasteiger charge is 2.52. The molecule has 0 atom stereocenters. The number of ketones is 3. The lowest BCUT2D eigenvalue weighted by Crippen LogP contribution is -2.43. The van der Waals surface area contributed by atoms with Gasteiger partial charge in [0, 0.05) is 11.1 Å². The van der Waals surface area contributed by atoms with Crippen molar-refractivity contribution in [3.63, 3.8) is 0 Å². The van der Waals surface area contributed by atoms with Crippen LogP contribution in [0.2, 0.25) is 0 Å². The molecule has 116 valence electrons. The van der Waals surface area contributed by atoms with Crippen molar-refractivity contribution in [2.75, 3.05) is 7.11 Å². The lowest BCUT2D eigenvalue weighted by molar-refractivity contribution is 0.0294. The van der Waals surface area contributed by atoms with Gasteiger partial charge in [-0.25, -0.2) is 0 Å². The van der Waals surface area contributed by atoms with Crippen LogP contribution in [0.1, 0.15) is 37.5 Å². The second kappa shape index (κ2) is 5.44. The Bertz CT molecular complexity index is 787. The Kier molecular flexibility index (Phi) is 3.58. The summed E-state index contributed by atoms with van der Waals surface area (Å²) in [7, 11) is 1.42. The van der Waals surface area contributed by atoms with Gasteiger partial charge in [0.15, 0.2) is 11.4 Å². The summed E-state index contributed by atoms with van der Waals surface area (Å²) < 4.78 is 5.11. The van der Waals surface area contributed by atoms with Crippen LogP contribution in [0.5, 0.6) is 5.75 Å². The summed E-state index contributed by atoms with van der Waals surface area (Å²) in [5.41, 5.74) is -1.83. The van der Waals surface area contributed by atoms with Crippen LogP contribution in [0.3, 0.4) is 0 Å². The van der Waals surface area contributed by atoms with Gasteiger partial charge in [-0.05, 0) is 12.1 Å². The second-order valence-electron chi connectivity index (χ2n) is 5.36. The van der Waals surface area contributed by atoms with Crippen molar-refractivity contribution in [1.82, 2.24) is 0 Å². The third-order valence-corrected chi connectivity index (χ3v) is 3.99. The van der Waals surface area contributed by atoms with Gasteiger partial charge in [-0.1, -0.05) is 36.4 Å². The average Bonchev–Trinajstić information content (AvgIpc) is 2.77. The van der Waals surface area contributed by atoms with Crippen LogP contribution in [0.4, 0.5) is 0 Å². The van der Waals surface area contributed by atoms with E-state index < -0.39 is 29.4 Å². The first-order chi connectivity index (χ1) is 11.0. The minimum absolute atomic E-state index is 0.146. The molecule has 0 heterocycles. The molecule has 0 aromatic heterocycles. The molecule has 23 heavy (non-hydrogen) atoms.